The molecule has 1 amide bonds. The van der Waals surface area contributed by atoms with E-state index in [4.69, 9.17) is 11.6 Å². The van der Waals surface area contributed by atoms with Gasteiger partial charge in [-0.3, -0.25) is 4.79 Å². The smallest absolute Gasteiger partial charge is 0.275 e. The fourth-order valence-corrected chi connectivity index (χ4v) is 2.66. The molecule has 0 fully saturated rings. The summed E-state index contributed by atoms with van der Waals surface area (Å²) in [6.45, 7) is 8.01. The first kappa shape index (κ1) is 18.2. The Kier molecular flexibility index (Phi) is 6.55. The third-order valence-corrected chi connectivity index (χ3v) is 3.85. The van der Waals surface area contributed by atoms with Gasteiger partial charge in [-0.05, 0) is 43.5 Å². The number of aromatic nitrogens is 2. The molecule has 0 spiro atoms. The molecular formula is C18H23ClN4O. The van der Waals surface area contributed by atoms with Gasteiger partial charge in [-0.2, -0.15) is 0 Å². The lowest BCUT2D eigenvalue weighted by molar-refractivity contribution is 0.102. The number of anilines is 2. The molecule has 24 heavy (non-hydrogen) atoms. The largest absolute Gasteiger partial charge is 0.355 e. The SMILES string of the molecule is CCCN(CCC)c1cnc(C(=O)Nc2ccc(Cl)cc2C)cn1. The van der Waals surface area contributed by atoms with Gasteiger partial charge in [0.1, 0.15) is 11.5 Å². The first-order valence-electron chi connectivity index (χ1n) is 8.19. The zero-order valence-electron chi connectivity index (χ0n) is 14.3. The van der Waals surface area contributed by atoms with E-state index in [2.05, 4.69) is 34.0 Å². The number of benzene rings is 1. The molecule has 5 nitrogen and oxygen atoms in total. The number of aryl methyl sites for hydroxylation is 1. The zero-order chi connectivity index (χ0) is 17.5. The van der Waals surface area contributed by atoms with Crippen molar-refractivity contribution >= 4 is 29.0 Å². The van der Waals surface area contributed by atoms with E-state index in [1.54, 1.807) is 24.4 Å². The number of hydrogen-bond acceptors (Lipinski definition) is 4. The maximum Gasteiger partial charge on any atom is 0.275 e. The van der Waals surface area contributed by atoms with Gasteiger partial charge in [-0.25, -0.2) is 9.97 Å². The Labute approximate surface area is 148 Å². The van der Waals surface area contributed by atoms with Crippen molar-refractivity contribution in [2.75, 3.05) is 23.3 Å². The third-order valence-electron chi connectivity index (χ3n) is 3.62. The summed E-state index contributed by atoms with van der Waals surface area (Å²) < 4.78 is 0. The minimum Gasteiger partial charge on any atom is -0.355 e. The molecule has 0 aliphatic heterocycles. The van der Waals surface area contributed by atoms with Gasteiger partial charge in [0, 0.05) is 23.8 Å². The summed E-state index contributed by atoms with van der Waals surface area (Å²) in [5.74, 6) is 0.523. The number of rotatable bonds is 7. The molecule has 1 aromatic heterocycles. The highest BCUT2D eigenvalue weighted by molar-refractivity contribution is 6.30. The van der Waals surface area contributed by atoms with Crippen LogP contribution in [0.1, 0.15) is 42.7 Å². The predicted octanol–water partition coefficient (Wildman–Crippen LogP) is 4.32. The molecule has 1 N–H and O–H groups in total. The van der Waals surface area contributed by atoms with Gasteiger partial charge in [0.2, 0.25) is 0 Å². The number of hydrogen-bond donors (Lipinski definition) is 1. The standard InChI is InChI=1S/C18H23ClN4O/c1-4-8-23(9-5-2)17-12-20-16(11-21-17)18(24)22-15-7-6-14(19)10-13(15)3/h6-7,10-12H,4-5,8-9H2,1-3H3,(H,22,24). The molecule has 6 heteroatoms. The molecule has 0 unspecified atom stereocenters. The quantitative estimate of drug-likeness (QED) is 0.811. The third kappa shape index (κ3) is 4.68. The van der Waals surface area contributed by atoms with Gasteiger partial charge < -0.3 is 10.2 Å². The van der Waals surface area contributed by atoms with Gasteiger partial charge in [-0.15, -0.1) is 0 Å². The van der Waals surface area contributed by atoms with Gasteiger partial charge >= 0.3 is 0 Å². The van der Waals surface area contributed by atoms with Crippen LogP contribution in [0, 0.1) is 6.92 Å². The maximum absolute atomic E-state index is 12.3. The average molecular weight is 347 g/mol. The maximum atomic E-state index is 12.3. The van der Waals surface area contributed by atoms with Crippen LogP contribution >= 0.6 is 11.6 Å². The fourth-order valence-electron chi connectivity index (χ4n) is 2.44. The molecule has 0 bridgehead atoms. The van der Waals surface area contributed by atoms with Crippen molar-refractivity contribution in [1.82, 2.24) is 9.97 Å². The molecule has 0 saturated carbocycles. The Morgan fingerprint density at radius 1 is 1.17 bits per heavy atom. The molecule has 1 heterocycles. The Morgan fingerprint density at radius 3 is 2.42 bits per heavy atom. The van der Waals surface area contributed by atoms with Crippen molar-refractivity contribution in [1.29, 1.82) is 0 Å². The topological polar surface area (TPSA) is 58.1 Å². The summed E-state index contributed by atoms with van der Waals surface area (Å²) in [7, 11) is 0. The van der Waals surface area contributed by atoms with Crippen molar-refractivity contribution in [3.05, 3.63) is 46.9 Å². The second-order valence-corrected chi connectivity index (χ2v) is 6.10. The molecule has 0 atom stereocenters. The number of nitrogens with one attached hydrogen (secondary N) is 1. The Balaban J connectivity index is 2.10. The molecular weight excluding hydrogens is 324 g/mol. The van der Waals surface area contributed by atoms with Gasteiger partial charge in [0.15, 0.2) is 0 Å². The van der Waals surface area contributed by atoms with E-state index < -0.39 is 0 Å². The molecule has 0 aliphatic rings. The minimum atomic E-state index is -0.281. The van der Waals surface area contributed by atoms with E-state index >= 15 is 0 Å². The van der Waals surface area contributed by atoms with Crippen LogP contribution in [0.15, 0.2) is 30.6 Å². The van der Waals surface area contributed by atoms with E-state index in [1.165, 1.54) is 6.20 Å². The molecule has 128 valence electrons. The fraction of sp³-hybridized carbons (Fsp3) is 0.389. The van der Waals surface area contributed by atoms with Gasteiger partial charge in [0.05, 0.1) is 12.4 Å². The first-order chi connectivity index (χ1) is 11.5. The number of halogens is 1. The van der Waals surface area contributed by atoms with Crippen LogP contribution in [0.5, 0.6) is 0 Å². The van der Waals surface area contributed by atoms with Crippen LogP contribution in [0.4, 0.5) is 11.5 Å². The van der Waals surface area contributed by atoms with E-state index in [9.17, 15) is 4.79 Å². The minimum absolute atomic E-state index is 0.281. The monoisotopic (exact) mass is 346 g/mol. The second kappa shape index (κ2) is 8.64. The van der Waals surface area contributed by atoms with Crippen molar-refractivity contribution in [3.63, 3.8) is 0 Å². The van der Waals surface area contributed by atoms with Crippen LogP contribution in [0.25, 0.3) is 0 Å². The number of amides is 1. The van der Waals surface area contributed by atoms with Crippen molar-refractivity contribution in [2.45, 2.75) is 33.6 Å². The molecule has 1 aromatic carbocycles. The molecule has 2 aromatic rings. The van der Waals surface area contributed by atoms with E-state index in [0.29, 0.717) is 16.4 Å². The lowest BCUT2D eigenvalue weighted by atomic mass is 10.2. The number of carbonyl (C=O) groups is 1. The predicted molar refractivity (Wildman–Crippen MR) is 99.0 cm³/mol. The highest BCUT2D eigenvalue weighted by atomic mass is 35.5. The summed E-state index contributed by atoms with van der Waals surface area (Å²) in [5.41, 5.74) is 1.91. The highest BCUT2D eigenvalue weighted by Gasteiger charge is 2.12. The molecule has 0 radical (unpaired) electrons. The zero-order valence-corrected chi connectivity index (χ0v) is 15.1. The van der Waals surface area contributed by atoms with E-state index in [-0.39, 0.29) is 5.91 Å². The Morgan fingerprint density at radius 2 is 1.88 bits per heavy atom. The Bertz CT molecular complexity index is 682. The van der Waals surface area contributed by atoms with Crippen LogP contribution in [-0.4, -0.2) is 29.0 Å². The first-order valence-corrected chi connectivity index (χ1v) is 8.57. The van der Waals surface area contributed by atoms with Crippen molar-refractivity contribution in [2.24, 2.45) is 0 Å². The van der Waals surface area contributed by atoms with Crippen molar-refractivity contribution in [3.8, 4) is 0 Å². The summed E-state index contributed by atoms with van der Waals surface area (Å²) in [5, 5.41) is 3.48. The number of nitrogens with zero attached hydrogens (tertiary/aromatic N) is 3. The second-order valence-electron chi connectivity index (χ2n) is 5.66. The lowest BCUT2D eigenvalue weighted by Gasteiger charge is -2.22. The van der Waals surface area contributed by atoms with Crippen LogP contribution in [0.2, 0.25) is 5.02 Å². The van der Waals surface area contributed by atoms with Crippen molar-refractivity contribution < 1.29 is 4.79 Å². The van der Waals surface area contributed by atoms with Crippen LogP contribution < -0.4 is 10.2 Å². The summed E-state index contributed by atoms with van der Waals surface area (Å²) in [6.07, 6.45) is 5.27. The lowest BCUT2D eigenvalue weighted by Crippen LogP contribution is -2.26. The average Bonchev–Trinajstić information content (AvgIpc) is 2.57. The molecule has 0 aliphatic carbocycles. The highest BCUT2D eigenvalue weighted by Crippen LogP contribution is 2.20. The van der Waals surface area contributed by atoms with E-state index in [0.717, 1.165) is 37.3 Å². The summed E-state index contributed by atoms with van der Waals surface area (Å²) in [4.78, 5) is 23.2. The Hall–Kier alpha value is -2.14. The normalized spacial score (nSPS) is 10.5. The van der Waals surface area contributed by atoms with Crippen LogP contribution in [-0.2, 0) is 0 Å². The van der Waals surface area contributed by atoms with Gasteiger partial charge in [-0.1, -0.05) is 25.4 Å². The van der Waals surface area contributed by atoms with E-state index in [1.807, 2.05) is 6.92 Å². The van der Waals surface area contributed by atoms with Crippen LogP contribution in [0.3, 0.4) is 0 Å². The molecule has 0 saturated heterocycles. The summed E-state index contributed by atoms with van der Waals surface area (Å²) >= 11 is 5.93. The number of carbonyl (C=O) groups excluding carboxylic acids is 1. The van der Waals surface area contributed by atoms with Gasteiger partial charge in [0.25, 0.3) is 5.91 Å². The molecule has 2 rings (SSSR count). The summed E-state index contributed by atoms with van der Waals surface area (Å²) in [6, 6.07) is 5.33.